The molecule has 0 bridgehead atoms. The summed E-state index contributed by atoms with van der Waals surface area (Å²) in [4.78, 5) is 6.56. The molecule has 0 radical (unpaired) electrons. The largest absolute Gasteiger partial charge is 0.301 e. The first-order chi connectivity index (χ1) is 8.55. The number of likely N-dealkylation sites (tertiary alicyclic amines) is 1. The highest BCUT2D eigenvalue weighted by Crippen LogP contribution is 2.34. The van der Waals surface area contributed by atoms with Gasteiger partial charge >= 0.3 is 0 Å². The molecule has 1 aliphatic rings. The monoisotopic (exact) mass is 250 g/mol. The van der Waals surface area contributed by atoms with Gasteiger partial charge in [0.2, 0.25) is 0 Å². The minimum atomic E-state index is 0.460. The Labute approximate surface area is 110 Å². The fourth-order valence-corrected chi connectivity index (χ4v) is 2.84. The Kier molecular flexibility index (Phi) is 4.38. The minimum Gasteiger partial charge on any atom is -0.301 e. The zero-order valence-corrected chi connectivity index (χ0v) is 12.0. The van der Waals surface area contributed by atoms with E-state index in [2.05, 4.69) is 35.8 Å². The van der Waals surface area contributed by atoms with Crippen molar-refractivity contribution >= 4 is 0 Å². The number of aromatic nitrogens is 3. The first kappa shape index (κ1) is 13.5. The second-order valence-corrected chi connectivity index (χ2v) is 6.49. The molecule has 18 heavy (non-hydrogen) atoms. The topological polar surface area (TPSA) is 34.0 Å². The van der Waals surface area contributed by atoms with E-state index < -0.39 is 0 Å². The molecule has 0 spiro atoms. The summed E-state index contributed by atoms with van der Waals surface area (Å²) in [7, 11) is 0. The van der Waals surface area contributed by atoms with Gasteiger partial charge in [-0.05, 0) is 43.7 Å². The van der Waals surface area contributed by atoms with Crippen LogP contribution in [0.4, 0.5) is 0 Å². The summed E-state index contributed by atoms with van der Waals surface area (Å²) in [5.74, 6) is 0.869. The molecule has 1 fully saturated rings. The Bertz CT molecular complexity index is 339. The fraction of sp³-hybridized carbons (Fsp3) is 0.857. The van der Waals surface area contributed by atoms with Crippen LogP contribution in [0, 0.1) is 11.3 Å². The van der Waals surface area contributed by atoms with Crippen LogP contribution in [0.25, 0.3) is 0 Å². The normalized spacial score (nSPS) is 22.9. The maximum atomic E-state index is 4.16. The van der Waals surface area contributed by atoms with Crippen molar-refractivity contribution in [2.24, 2.45) is 11.3 Å². The lowest BCUT2D eigenvalue weighted by molar-refractivity contribution is 0.206. The van der Waals surface area contributed by atoms with Crippen molar-refractivity contribution in [3.05, 3.63) is 12.7 Å². The third-order valence-corrected chi connectivity index (χ3v) is 4.16. The molecule has 102 valence electrons. The quantitative estimate of drug-likeness (QED) is 0.826. The first-order valence-electron chi connectivity index (χ1n) is 7.10. The zero-order chi connectivity index (χ0) is 13.0. The number of hydrogen-bond acceptors (Lipinski definition) is 3. The maximum Gasteiger partial charge on any atom is 0.137 e. The number of hydrogen-bond donors (Lipinski definition) is 0. The van der Waals surface area contributed by atoms with Crippen LogP contribution in [0.3, 0.4) is 0 Å². The second kappa shape index (κ2) is 5.83. The molecule has 0 saturated carbocycles. The van der Waals surface area contributed by atoms with Crippen molar-refractivity contribution in [2.45, 2.75) is 46.6 Å². The summed E-state index contributed by atoms with van der Waals surface area (Å²) < 4.78 is 1.92. The Balaban J connectivity index is 1.78. The molecule has 2 rings (SSSR count). The van der Waals surface area contributed by atoms with Crippen LogP contribution in [-0.4, -0.2) is 39.3 Å². The molecule has 4 nitrogen and oxygen atoms in total. The van der Waals surface area contributed by atoms with Crippen LogP contribution < -0.4 is 0 Å². The SMILES string of the molecule is CC(C)(C)C1CCCN(CCn2cncn2)CC1. The van der Waals surface area contributed by atoms with Gasteiger partial charge in [-0.15, -0.1) is 0 Å². The van der Waals surface area contributed by atoms with E-state index in [9.17, 15) is 0 Å². The lowest BCUT2D eigenvalue weighted by Crippen LogP contribution is -2.29. The molecule has 1 atom stereocenters. The zero-order valence-electron chi connectivity index (χ0n) is 12.0. The van der Waals surface area contributed by atoms with E-state index in [-0.39, 0.29) is 0 Å². The summed E-state index contributed by atoms with van der Waals surface area (Å²) in [5.41, 5.74) is 0.460. The molecule has 0 aromatic carbocycles. The van der Waals surface area contributed by atoms with E-state index in [1.807, 2.05) is 4.68 Å². The molecule has 1 aromatic rings. The molecule has 1 aliphatic heterocycles. The van der Waals surface area contributed by atoms with Gasteiger partial charge in [0.1, 0.15) is 12.7 Å². The van der Waals surface area contributed by atoms with Gasteiger partial charge in [0.05, 0.1) is 6.54 Å². The number of rotatable bonds is 3. The lowest BCUT2D eigenvalue weighted by atomic mass is 9.77. The Morgan fingerprint density at radius 3 is 2.67 bits per heavy atom. The fourth-order valence-electron chi connectivity index (χ4n) is 2.84. The summed E-state index contributed by atoms with van der Waals surface area (Å²) >= 11 is 0. The average molecular weight is 250 g/mol. The molecule has 2 heterocycles. The van der Waals surface area contributed by atoms with E-state index >= 15 is 0 Å². The Hall–Kier alpha value is -0.900. The second-order valence-electron chi connectivity index (χ2n) is 6.49. The summed E-state index contributed by atoms with van der Waals surface area (Å²) in [6.45, 7) is 11.7. The standard InChI is InChI=1S/C14H26N4/c1-14(2,3)13-5-4-7-17(8-6-13)9-10-18-12-15-11-16-18/h11-13H,4-10H2,1-3H3. The predicted molar refractivity (Wildman–Crippen MR) is 73.3 cm³/mol. The van der Waals surface area contributed by atoms with Crippen LogP contribution in [0.15, 0.2) is 12.7 Å². The minimum absolute atomic E-state index is 0.460. The van der Waals surface area contributed by atoms with E-state index in [4.69, 9.17) is 0 Å². The smallest absolute Gasteiger partial charge is 0.137 e. The van der Waals surface area contributed by atoms with Gasteiger partial charge in [-0.1, -0.05) is 20.8 Å². The van der Waals surface area contributed by atoms with Crippen molar-refractivity contribution in [1.82, 2.24) is 19.7 Å². The third kappa shape index (κ3) is 3.80. The van der Waals surface area contributed by atoms with Crippen molar-refractivity contribution in [2.75, 3.05) is 19.6 Å². The molecule has 1 aromatic heterocycles. The summed E-state index contributed by atoms with van der Waals surface area (Å²) in [5, 5.41) is 4.16. The van der Waals surface area contributed by atoms with Crippen LogP contribution in [0.2, 0.25) is 0 Å². The van der Waals surface area contributed by atoms with Crippen molar-refractivity contribution in [3.63, 3.8) is 0 Å². The lowest BCUT2D eigenvalue weighted by Gasteiger charge is -2.29. The maximum absolute atomic E-state index is 4.16. The predicted octanol–water partition coefficient (Wildman–Crippen LogP) is 2.43. The molecule has 4 heteroatoms. The Morgan fingerprint density at radius 1 is 1.17 bits per heavy atom. The highest BCUT2D eigenvalue weighted by atomic mass is 15.3. The number of nitrogens with zero attached hydrogens (tertiary/aromatic N) is 4. The van der Waals surface area contributed by atoms with Gasteiger partial charge in [0.15, 0.2) is 0 Å². The Morgan fingerprint density at radius 2 is 2.00 bits per heavy atom. The van der Waals surface area contributed by atoms with Crippen molar-refractivity contribution in [1.29, 1.82) is 0 Å². The van der Waals surface area contributed by atoms with Gasteiger partial charge in [0, 0.05) is 6.54 Å². The van der Waals surface area contributed by atoms with Crippen LogP contribution >= 0.6 is 0 Å². The molecule has 1 saturated heterocycles. The van der Waals surface area contributed by atoms with E-state index in [1.54, 1.807) is 12.7 Å². The van der Waals surface area contributed by atoms with Gasteiger partial charge < -0.3 is 4.90 Å². The summed E-state index contributed by atoms with van der Waals surface area (Å²) in [6, 6.07) is 0. The van der Waals surface area contributed by atoms with Gasteiger partial charge in [-0.3, -0.25) is 4.68 Å². The average Bonchev–Trinajstić information content (AvgIpc) is 2.69. The molecular weight excluding hydrogens is 224 g/mol. The van der Waals surface area contributed by atoms with Crippen LogP contribution in [0.5, 0.6) is 0 Å². The molecular formula is C14H26N4. The van der Waals surface area contributed by atoms with Gasteiger partial charge in [-0.25, -0.2) is 4.98 Å². The van der Waals surface area contributed by atoms with Gasteiger partial charge in [0.25, 0.3) is 0 Å². The summed E-state index contributed by atoms with van der Waals surface area (Å²) in [6.07, 6.45) is 7.46. The van der Waals surface area contributed by atoms with Crippen LogP contribution in [-0.2, 0) is 6.54 Å². The van der Waals surface area contributed by atoms with Crippen LogP contribution in [0.1, 0.15) is 40.0 Å². The van der Waals surface area contributed by atoms with Crippen molar-refractivity contribution in [3.8, 4) is 0 Å². The van der Waals surface area contributed by atoms with E-state index in [1.165, 1.54) is 32.4 Å². The molecule has 1 unspecified atom stereocenters. The third-order valence-electron chi connectivity index (χ3n) is 4.16. The molecule has 0 amide bonds. The molecule has 0 N–H and O–H groups in total. The highest BCUT2D eigenvalue weighted by molar-refractivity contribution is 4.78. The van der Waals surface area contributed by atoms with Gasteiger partial charge in [-0.2, -0.15) is 5.10 Å². The van der Waals surface area contributed by atoms with E-state index in [0.717, 1.165) is 19.0 Å². The van der Waals surface area contributed by atoms with E-state index in [0.29, 0.717) is 5.41 Å². The molecule has 0 aliphatic carbocycles. The van der Waals surface area contributed by atoms with Crippen molar-refractivity contribution < 1.29 is 0 Å². The first-order valence-corrected chi connectivity index (χ1v) is 7.10. The highest BCUT2D eigenvalue weighted by Gasteiger charge is 2.26.